The number of ether oxygens (including phenoxy) is 1. The Kier molecular flexibility index (Phi) is 4.81. The first-order valence-corrected chi connectivity index (χ1v) is 10.3. The lowest BCUT2D eigenvalue weighted by Crippen LogP contribution is -2.61. The molecule has 0 spiro atoms. The Labute approximate surface area is 139 Å². The predicted octanol–water partition coefficient (Wildman–Crippen LogP) is 2.39. The van der Waals surface area contributed by atoms with Crippen molar-refractivity contribution in [2.24, 2.45) is 11.3 Å². The van der Waals surface area contributed by atoms with Crippen LogP contribution in [-0.2, 0) is 21.2 Å². The minimum atomic E-state index is -2.78. The Hall–Kier alpha value is -0.910. The first-order valence-electron chi connectivity index (χ1n) is 8.46. The first-order chi connectivity index (χ1) is 10.9. The summed E-state index contributed by atoms with van der Waals surface area (Å²) < 4.78 is 29.1. The lowest BCUT2D eigenvalue weighted by Gasteiger charge is -2.52. The number of rotatable bonds is 6. The van der Waals surface area contributed by atoms with Gasteiger partial charge in [0.15, 0.2) is 9.84 Å². The lowest BCUT2D eigenvalue weighted by atomic mass is 9.64. The Balaban J connectivity index is 1.43. The monoisotopic (exact) mass is 337 g/mol. The number of nitrogens with one attached hydrogen (secondary N) is 1. The van der Waals surface area contributed by atoms with Crippen molar-refractivity contribution in [2.75, 3.05) is 18.1 Å². The fraction of sp³-hybridized carbons (Fsp3) is 0.667. The summed E-state index contributed by atoms with van der Waals surface area (Å²) in [6.07, 6.45) is 2.06. The molecule has 0 amide bonds. The fourth-order valence-corrected chi connectivity index (χ4v) is 5.49. The van der Waals surface area contributed by atoms with E-state index >= 15 is 0 Å². The molecule has 1 saturated heterocycles. The molecule has 128 valence electrons. The zero-order valence-electron chi connectivity index (χ0n) is 14.0. The maximum absolute atomic E-state index is 11.5. The molecule has 1 heterocycles. The molecule has 5 heteroatoms. The molecule has 0 radical (unpaired) electrons. The van der Waals surface area contributed by atoms with Gasteiger partial charge in [0, 0.05) is 11.5 Å². The smallest absolute Gasteiger partial charge is 0.150 e. The van der Waals surface area contributed by atoms with Crippen LogP contribution in [0.3, 0.4) is 0 Å². The minimum absolute atomic E-state index is 0.0895. The Morgan fingerprint density at radius 1 is 1.26 bits per heavy atom. The molecule has 2 fully saturated rings. The maximum atomic E-state index is 11.5. The van der Waals surface area contributed by atoms with Crippen LogP contribution in [0.4, 0.5) is 0 Å². The molecule has 1 aliphatic heterocycles. The summed E-state index contributed by atoms with van der Waals surface area (Å²) in [6, 6.07) is 10.7. The summed E-state index contributed by atoms with van der Waals surface area (Å²) in [6.45, 7) is 5.92. The summed E-state index contributed by atoms with van der Waals surface area (Å²) in [5.41, 5.74) is 1.29. The maximum Gasteiger partial charge on any atom is 0.150 e. The van der Waals surface area contributed by atoms with Gasteiger partial charge in [-0.05, 0) is 30.9 Å². The SMILES string of the molecule is CC1(C)C(NCC2CCS(=O)(=O)C2)CC1OCc1ccccc1. The Bertz CT molecular complexity index is 627. The van der Waals surface area contributed by atoms with Gasteiger partial charge in [-0.3, -0.25) is 0 Å². The van der Waals surface area contributed by atoms with Crippen LogP contribution < -0.4 is 5.32 Å². The molecular formula is C18H27NO3S. The van der Waals surface area contributed by atoms with Crippen LogP contribution in [0, 0.1) is 11.3 Å². The molecule has 0 aromatic heterocycles. The number of hydrogen-bond donors (Lipinski definition) is 1. The van der Waals surface area contributed by atoms with Crippen LogP contribution in [0.2, 0.25) is 0 Å². The molecule has 1 N–H and O–H groups in total. The van der Waals surface area contributed by atoms with Gasteiger partial charge in [-0.15, -0.1) is 0 Å². The molecule has 3 rings (SSSR count). The van der Waals surface area contributed by atoms with Crippen molar-refractivity contribution in [3.8, 4) is 0 Å². The van der Waals surface area contributed by atoms with E-state index in [9.17, 15) is 8.42 Å². The van der Waals surface area contributed by atoms with Gasteiger partial charge < -0.3 is 10.1 Å². The molecule has 0 bridgehead atoms. The molecule has 2 aliphatic rings. The zero-order valence-corrected chi connectivity index (χ0v) is 14.8. The molecule has 1 aliphatic carbocycles. The van der Waals surface area contributed by atoms with Crippen LogP contribution in [0.15, 0.2) is 30.3 Å². The van der Waals surface area contributed by atoms with E-state index in [4.69, 9.17) is 4.74 Å². The quantitative estimate of drug-likeness (QED) is 0.866. The average Bonchev–Trinajstić information content (AvgIpc) is 2.86. The second kappa shape index (κ2) is 6.54. The van der Waals surface area contributed by atoms with Crippen molar-refractivity contribution in [1.82, 2.24) is 5.32 Å². The number of hydrogen-bond acceptors (Lipinski definition) is 4. The fourth-order valence-electron chi connectivity index (χ4n) is 3.63. The van der Waals surface area contributed by atoms with Crippen molar-refractivity contribution in [3.63, 3.8) is 0 Å². The number of sulfone groups is 1. The predicted molar refractivity (Wildman–Crippen MR) is 92.0 cm³/mol. The van der Waals surface area contributed by atoms with E-state index in [1.54, 1.807) is 0 Å². The van der Waals surface area contributed by atoms with Gasteiger partial charge in [0.2, 0.25) is 0 Å². The first kappa shape index (κ1) is 16.9. The van der Waals surface area contributed by atoms with E-state index in [1.807, 2.05) is 18.2 Å². The van der Waals surface area contributed by atoms with Crippen LogP contribution in [0.25, 0.3) is 0 Å². The number of benzene rings is 1. The third kappa shape index (κ3) is 3.95. The van der Waals surface area contributed by atoms with Crippen molar-refractivity contribution < 1.29 is 13.2 Å². The largest absolute Gasteiger partial charge is 0.373 e. The van der Waals surface area contributed by atoms with Gasteiger partial charge in [-0.1, -0.05) is 44.2 Å². The minimum Gasteiger partial charge on any atom is -0.373 e. The lowest BCUT2D eigenvalue weighted by molar-refractivity contribution is -0.125. The van der Waals surface area contributed by atoms with Crippen molar-refractivity contribution >= 4 is 9.84 Å². The molecule has 4 nitrogen and oxygen atoms in total. The van der Waals surface area contributed by atoms with E-state index in [-0.39, 0.29) is 17.4 Å². The normalized spacial score (nSPS) is 31.7. The average molecular weight is 337 g/mol. The summed E-state index contributed by atoms with van der Waals surface area (Å²) >= 11 is 0. The van der Waals surface area contributed by atoms with E-state index in [2.05, 4.69) is 31.3 Å². The van der Waals surface area contributed by atoms with Crippen molar-refractivity contribution in [1.29, 1.82) is 0 Å². The van der Waals surface area contributed by atoms with E-state index in [0.29, 0.717) is 24.2 Å². The highest BCUT2D eigenvalue weighted by Crippen LogP contribution is 2.43. The van der Waals surface area contributed by atoms with Crippen LogP contribution in [0.1, 0.15) is 32.3 Å². The molecule has 1 saturated carbocycles. The third-order valence-corrected chi connectivity index (χ3v) is 7.29. The molecule has 23 heavy (non-hydrogen) atoms. The molecule has 1 aromatic rings. The Morgan fingerprint density at radius 3 is 2.61 bits per heavy atom. The molecule has 1 aromatic carbocycles. The zero-order chi connectivity index (χ0) is 16.5. The third-order valence-electron chi connectivity index (χ3n) is 5.45. The van der Waals surface area contributed by atoms with E-state index < -0.39 is 9.84 Å². The van der Waals surface area contributed by atoms with E-state index in [0.717, 1.165) is 19.4 Å². The molecule has 3 atom stereocenters. The van der Waals surface area contributed by atoms with Gasteiger partial charge >= 0.3 is 0 Å². The van der Waals surface area contributed by atoms with Gasteiger partial charge in [0.05, 0.1) is 24.2 Å². The summed E-state index contributed by atoms with van der Waals surface area (Å²) in [4.78, 5) is 0. The van der Waals surface area contributed by atoms with Gasteiger partial charge in [-0.2, -0.15) is 0 Å². The van der Waals surface area contributed by atoms with Gasteiger partial charge in [0.1, 0.15) is 0 Å². The highest BCUT2D eigenvalue weighted by Gasteiger charge is 2.49. The Morgan fingerprint density at radius 2 is 2.00 bits per heavy atom. The van der Waals surface area contributed by atoms with E-state index in [1.165, 1.54) is 5.56 Å². The highest BCUT2D eigenvalue weighted by atomic mass is 32.2. The second-order valence-electron chi connectivity index (χ2n) is 7.57. The summed E-state index contributed by atoms with van der Waals surface area (Å²) in [5.74, 6) is 0.984. The molecule has 3 unspecified atom stereocenters. The standard InChI is InChI=1S/C18H27NO3S/c1-18(2)16(19-11-15-8-9-23(20,21)13-15)10-17(18)22-12-14-6-4-3-5-7-14/h3-7,15-17,19H,8-13H2,1-2H3. The van der Waals surface area contributed by atoms with Crippen LogP contribution in [0.5, 0.6) is 0 Å². The van der Waals surface area contributed by atoms with Gasteiger partial charge in [-0.25, -0.2) is 8.42 Å². The second-order valence-corrected chi connectivity index (χ2v) is 9.80. The summed E-state index contributed by atoms with van der Waals surface area (Å²) in [5, 5.41) is 3.57. The van der Waals surface area contributed by atoms with Crippen molar-refractivity contribution in [2.45, 2.75) is 45.4 Å². The highest BCUT2D eigenvalue weighted by molar-refractivity contribution is 7.91. The summed E-state index contributed by atoms with van der Waals surface area (Å²) in [7, 11) is -2.78. The topological polar surface area (TPSA) is 55.4 Å². The van der Waals surface area contributed by atoms with Crippen molar-refractivity contribution in [3.05, 3.63) is 35.9 Å². The van der Waals surface area contributed by atoms with Crippen LogP contribution >= 0.6 is 0 Å². The van der Waals surface area contributed by atoms with Gasteiger partial charge in [0.25, 0.3) is 0 Å². The van der Waals surface area contributed by atoms with Crippen LogP contribution in [-0.4, -0.2) is 38.6 Å². The molecular weight excluding hydrogens is 310 g/mol.